The van der Waals surface area contributed by atoms with Crippen molar-refractivity contribution >= 4 is 11.9 Å². The van der Waals surface area contributed by atoms with Gasteiger partial charge in [-0.05, 0) is 38.5 Å². The summed E-state index contributed by atoms with van der Waals surface area (Å²) < 4.78 is 5.06. The average Bonchev–Trinajstić information content (AvgIpc) is 2.46. The molecular weight excluding hydrogens is 268 g/mol. The first-order valence-electron chi connectivity index (χ1n) is 8.21. The first-order chi connectivity index (χ1) is 9.96. The topological polar surface area (TPSA) is 72.6 Å². The maximum absolute atomic E-state index is 12.7. The molecule has 1 saturated carbocycles. The third kappa shape index (κ3) is 3.76. The lowest BCUT2D eigenvalue weighted by molar-refractivity contribution is -0.152. The number of nitrogens with zero attached hydrogens (tertiary/aromatic N) is 1. The number of amides is 1. The lowest BCUT2D eigenvalue weighted by Gasteiger charge is -2.41. The van der Waals surface area contributed by atoms with Gasteiger partial charge >= 0.3 is 5.97 Å². The van der Waals surface area contributed by atoms with Crippen LogP contribution in [0.4, 0.5) is 0 Å². The Balaban J connectivity index is 1.89. The van der Waals surface area contributed by atoms with Crippen molar-refractivity contribution in [3.63, 3.8) is 0 Å². The van der Waals surface area contributed by atoms with Gasteiger partial charge in [-0.3, -0.25) is 9.59 Å². The van der Waals surface area contributed by atoms with Gasteiger partial charge in [-0.2, -0.15) is 0 Å². The molecule has 5 nitrogen and oxygen atoms in total. The lowest BCUT2D eigenvalue weighted by Crippen LogP contribution is -2.58. The molecule has 0 aromatic heterocycles. The highest BCUT2D eigenvalue weighted by Crippen LogP contribution is 2.33. The number of esters is 1. The maximum atomic E-state index is 12.7. The second-order valence-corrected chi connectivity index (χ2v) is 6.68. The number of hydrogen-bond acceptors (Lipinski definition) is 4. The van der Waals surface area contributed by atoms with Crippen LogP contribution in [0.25, 0.3) is 0 Å². The number of ether oxygens (including phenoxy) is 1. The predicted molar refractivity (Wildman–Crippen MR) is 80.5 cm³/mol. The van der Waals surface area contributed by atoms with E-state index in [0.29, 0.717) is 38.5 Å². The second-order valence-electron chi connectivity index (χ2n) is 6.68. The van der Waals surface area contributed by atoms with E-state index in [1.54, 1.807) is 0 Å². The van der Waals surface area contributed by atoms with Crippen LogP contribution in [0.2, 0.25) is 0 Å². The maximum Gasteiger partial charge on any atom is 0.309 e. The first-order valence-corrected chi connectivity index (χ1v) is 8.21. The quantitative estimate of drug-likeness (QED) is 0.805. The third-order valence-corrected chi connectivity index (χ3v) is 4.86. The molecule has 2 N–H and O–H groups in total. The van der Waals surface area contributed by atoms with Crippen LogP contribution in [-0.4, -0.2) is 42.0 Å². The normalized spacial score (nSPS) is 31.0. The molecule has 2 atom stereocenters. The molecule has 21 heavy (non-hydrogen) atoms. The Morgan fingerprint density at radius 2 is 1.95 bits per heavy atom. The summed E-state index contributed by atoms with van der Waals surface area (Å²) >= 11 is 0. The minimum absolute atomic E-state index is 0.0620. The van der Waals surface area contributed by atoms with Crippen LogP contribution in [0, 0.1) is 11.8 Å². The van der Waals surface area contributed by atoms with E-state index in [9.17, 15) is 9.59 Å². The van der Waals surface area contributed by atoms with E-state index < -0.39 is 5.54 Å². The van der Waals surface area contributed by atoms with Crippen molar-refractivity contribution in [1.82, 2.24) is 4.90 Å². The molecule has 5 heteroatoms. The van der Waals surface area contributed by atoms with Crippen LogP contribution in [0.3, 0.4) is 0 Å². The summed E-state index contributed by atoms with van der Waals surface area (Å²) in [5.74, 6) is 0.410. The smallest absolute Gasteiger partial charge is 0.309 e. The molecule has 0 bridgehead atoms. The summed E-state index contributed by atoms with van der Waals surface area (Å²) in [6.07, 6.45) is 5.14. The Kier molecular flexibility index (Phi) is 5.25. The highest BCUT2D eigenvalue weighted by molar-refractivity contribution is 5.86. The van der Waals surface area contributed by atoms with E-state index in [4.69, 9.17) is 10.5 Å². The van der Waals surface area contributed by atoms with Gasteiger partial charge in [-0.25, -0.2) is 0 Å². The highest BCUT2D eigenvalue weighted by atomic mass is 16.5. The van der Waals surface area contributed by atoms with Crippen molar-refractivity contribution < 1.29 is 14.3 Å². The molecule has 1 amide bonds. The van der Waals surface area contributed by atoms with Gasteiger partial charge in [0.25, 0.3) is 0 Å². The van der Waals surface area contributed by atoms with Gasteiger partial charge in [0.05, 0.1) is 18.1 Å². The number of carbonyl (C=O) groups excluding carboxylic acids is 2. The van der Waals surface area contributed by atoms with Gasteiger partial charge in [0, 0.05) is 13.1 Å². The van der Waals surface area contributed by atoms with Gasteiger partial charge in [-0.15, -0.1) is 0 Å². The number of nitrogens with two attached hydrogens (primary N) is 1. The highest BCUT2D eigenvalue weighted by Gasteiger charge is 2.41. The summed E-state index contributed by atoms with van der Waals surface area (Å²) in [5.41, 5.74) is 5.70. The Labute approximate surface area is 127 Å². The van der Waals surface area contributed by atoms with Crippen LogP contribution >= 0.6 is 0 Å². The molecule has 2 unspecified atom stereocenters. The third-order valence-electron chi connectivity index (χ3n) is 4.86. The Bertz CT molecular complexity index is 391. The number of piperidine rings is 1. The number of likely N-dealkylation sites (tertiary alicyclic amines) is 1. The zero-order chi connectivity index (χ0) is 15.5. The van der Waals surface area contributed by atoms with Crippen molar-refractivity contribution in [3.05, 3.63) is 0 Å². The standard InChI is InChI=1S/C16H28N2O3/c1-3-21-14(19)13-6-9-18(10-7-13)15(20)16(17)8-4-5-12(2)11-16/h12-13H,3-11,17H2,1-2H3. The Morgan fingerprint density at radius 3 is 2.52 bits per heavy atom. The SMILES string of the molecule is CCOC(=O)C1CCN(C(=O)C2(N)CCCC(C)C2)CC1. The van der Waals surface area contributed by atoms with Gasteiger partial charge in [0.1, 0.15) is 0 Å². The predicted octanol–water partition coefficient (Wildman–Crippen LogP) is 1.70. The van der Waals surface area contributed by atoms with Gasteiger partial charge in [-0.1, -0.05) is 19.8 Å². The van der Waals surface area contributed by atoms with Crippen LogP contribution in [0.1, 0.15) is 52.4 Å². The molecule has 0 radical (unpaired) electrons. The second kappa shape index (κ2) is 6.77. The summed E-state index contributed by atoms with van der Waals surface area (Å²) in [6, 6.07) is 0. The molecule has 0 aromatic carbocycles. The van der Waals surface area contributed by atoms with E-state index in [2.05, 4.69) is 6.92 Å². The zero-order valence-electron chi connectivity index (χ0n) is 13.3. The number of carbonyl (C=O) groups is 2. The summed E-state index contributed by atoms with van der Waals surface area (Å²) in [6.45, 7) is 5.65. The lowest BCUT2D eigenvalue weighted by atomic mass is 9.76. The minimum atomic E-state index is -0.686. The molecule has 2 aliphatic rings. The van der Waals surface area contributed by atoms with Crippen LogP contribution in [0.5, 0.6) is 0 Å². The monoisotopic (exact) mass is 296 g/mol. The summed E-state index contributed by atoms with van der Waals surface area (Å²) in [7, 11) is 0. The Hall–Kier alpha value is -1.10. The Morgan fingerprint density at radius 1 is 1.29 bits per heavy atom. The molecule has 1 aliphatic heterocycles. The average molecular weight is 296 g/mol. The van der Waals surface area contributed by atoms with Gasteiger partial charge in [0.15, 0.2) is 0 Å². The molecule has 120 valence electrons. The molecule has 0 spiro atoms. The molecule has 1 heterocycles. The largest absolute Gasteiger partial charge is 0.466 e. The van der Waals surface area contributed by atoms with Crippen LogP contribution < -0.4 is 5.73 Å². The fraction of sp³-hybridized carbons (Fsp3) is 0.875. The molecule has 2 fully saturated rings. The zero-order valence-corrected chi connectivity index (χ0v) is 13.3. The van der Waals surface area contributed by atoms with E-state index in [-0.39, 0.29) is 17.8 Å². The van der Waals surface area contributed by atoms with E-state index in [0.717, 1.165) is 25.7 Å². The van der Waals surface area contributed by atoms with Crippen molar-refractivity contribution in [1.29, 1.82) is 0 Å². The van der Waals surface area contributed by atoms with E-state index >= 15 is 0 Å². The number of hydrogen-bond donors (Lipinski definition) is 1. The minimum Gasteiger partial charge on any atom is -0.466 e. The summed E-state index contributed by atoms with van der Waals surface area (Å²) in [4.78, 5) is 26.3. The van der Waals surface area contributed by atoms with Crippen LogP contribution in [0.15, 0.2) is 0 Å². The molecule has 2 rings (SSSR count). The molecule has 1 saturated heterocycles. The first kappa shape index (κ1) is 16.3. The summed E-state index contributed by atoms with van der Waals surface area (Å²) in [5, 5.41) is 0. The molecule has 0 aromatic rings. The van der Waals surface area contributed by atoms with E-state index in [1.165, 1.54) is 0 Å². The van der Waals surface area contributed by atoms with E-state index in [1.807, 2.05) is 11.8 Å². The van der Waals surface area contributed by atoms with Crippen molar-refractivity contribution in [2.75, 3.05) is 19.7 Å². The van der Waals surface area contributed by atoms with Crippen LogP contribution in [-0.2, 0) is 14.3 Å². The number of rotatable bonds is 3. The fourth-order valence-electron chi connectivity index (χ4n) is 3.68. The molecule has 1 aliphatic carbocycles. The fourth-order valence-corrected chi connectivity index (χ4v) is 3.68. The molecular formula is C16H28N2O3. The van der Waals surface area contributed by atoms with Gasteiger partial charge < -0.3 is 15.4 Å². The van der Waals surface area contributed by atoms with Crippen molar-refractivity contribution in [2.24, 2.45) is 17.6 Å². The van der Waals surface area contributed by atoms with Crippen molar-refractivity contribution in [2.45, 2.75) is 57.9 Å². The van der Waals surface area contributed by atoms with Gasteiger partial charge in [0.2, 0.25) is 5.91 Å². The van der Waals surface area contributed by atoms with Crippen molar-refractivity contribution in [3.8, 4) is 0 Å².